The smallest absolute Gasteiger partial charge is 0.244 e. The first-order valence-corrected chi connectivity index (χ1v) is 14.1. The third-order valence-corrected chi connectivity index (χ3v) is 7.27. The van der Waals surface area contributed by atoms with Gasteiger partial charge >= 0.3 is 0 Å². The van der Waals surface area contributed by atoms with Crippen LogP contribution in [0.5, 0.6) is 11.5 Å². The summed E-state index contributed by atoms with van der Waals surface area (Å²) >= 11 is 12.4. The maximum atomic E-state index is 13.6. The van der Waals surface area contributed by atoms with Gasteiger partial charge in [-0.1, -0.05) is 43.1 Å². The molecule has 0 aliphatic heterocycles. The maximum Gasteiger partial charge on any atom is 0.244 e. The number of benzene rings is 2. The van der Waals surface area contributed by atoms with Gasteiger partial charge < -0.3 is 19.7 Å². The predicted molar refractivity (Wildman–Crippen MR) is 146 cm³/mol. The van der Waals surface area contributed by atoms with Crippen LogP contribution in [-0.2, 0) is 26.2 Å². The molecule has 37 heavy (non-hydrogen) atoms. The molecule has 0 aliphatic carbocycles. The molecule has 0 spiro atoms. The fraction of sp³-hybridized carbons (Fsp3) is 0.440. The molecule has 2 aromatic carbocycles. The van der Waals surface area contributed by atoms with Crippen LogP contribution in [0, 0.1) is 5.92 Å². The van der Waals surface area contributed by atoms with Gasteiger partial charge in [-0.3, -0.25) is 13.9 Å². The SMILES string of the molecule is COc1ccc(N(CC(=O)N(Cc2ccc(Cl)cc2Cl)[C@H](C)C(=O)NCC(C)C)S(C)(=O)=O)cc1OC. The van der Waals surface area contributed by atoms with E-state index in [4.69, 9.17) is 32.7 Å². The Balaban J connectivity index is 2.45. The van der Waals surface area contributed by atoms with E-state index in [1.54, 1.807) is 25.1 Å². The summed E-state index contributed by atoms with van der Waals surface area (Å²) in [6, 6.07) is 8.43. The Hall–Kier alpha value is -2.69. The number of hydrogen-bond donors (Lipinski definition) is 1. The van der Waals surface area contributed by atoms with Crippen molar-refractivity contribution in [1.82, 2.24) is 10.2 Å². The van der Waals surface area contributed by atoms with E-state index in [0.29, 0.717) is 33.7 Å². The van der Waals surface area contributed by atoms with E-state index in [2.05, 4.69) is 5.32 Å². The van der Waals surface area contributed by atoms with Crippen molar-refractivity contribution in [3.8, 4) is 11.5 Å². The molecule has 1 N–H and O–H groups in total. The minimum Gasteiger partial charge on any atom is -0.493 e. The molecule has 1 atom stereocenters. The maximum absolute atomic E-state index is 13.6. The van der Waals surface area contributed by atoms with Crippen molar-refractivity contribution in [2.24, 2.45) is 5.92 Å². The zero-order valence-corrected chi connectivity index (χ0v) is 24.1. The molecule has 2 aromatic rings. The topological polar surface area (TPSA) is 105 Å². The molecule has 2 rings (SSSR count). The Bertz CT molecular complexity index is 1220. The largest absolute Gasteiger partial charge is 0.493 e. The van der Waals surface area contributed by atoms with Gasteiger partial charge in [-0.25, -0.2) is 8.42 Å². The minimum absolute atomic E-state index is 0.0331. The summed E-state index contributed by atoms with van der Waals surface area (Å²) in [6.45, 7) is 5.32. The molecule has 0 fully saturated rings. The first kappa shape index (κ1) is 30.5. The highest BCUT2D eigenvalue weighted by molar-refractivity contribution is 7.92. The van der Waals surface area contributed by atoms with Gasteiger partial charge in [0.1, 0.15) is 12.6 Å². The van der Waals surface area contributed by atoms with Crippen LogP contribution in [0.25, 0.3) is 0 Å². The van der Waals surface area contributed by atoms with E-state index in [1.807, 2.05) is 13.8 Å². The monoisotopic (exact) mass is 573 g/mol. The van der Waals surface area contributed by atoms with Crippen LogP contribution in [0.4, 0.5) is 5.69 Å². The van der Waals surface area contributed by atoms with Crippen molar-refractivity contribution in [2.45, 2.75) is 33.4 Å². The van der Waals surface area contributed by atoms with Crippen molar-refractivity contribution < 1.29 is 27.5 Å². The van der Waals surface area contributed by atoms with Gasteiger partial charge in [0.25, 0.3) is 0 Å². The second kappa shape index (κ2) is 13.2. The zero-order valence-electron chi connectivity index (χ0n) is 21.7. The Kier molecular flexibility index (Phi) is 10.9. The summed E-state index contributed by atoms with van der Waals surface area (Å²) in [5.74, 6) is -0.0628. The van der Waals surface area contributed by atoms with Crippen LogP contribution >= 0.6 is 23.2 Å². The van der Waals surface area contributed by atoms with E-state index in [-0.39, 0.29) is 24.1 Å². The normalized spacial score (nSPS) is 12.1. The second-order valence-electron chi connectivity index (χ2n) is 8.88. The zero-order chi connectivity index (χ0) is 27.9. The number of amides is 2. The number of rotatable bonds is 12. The molecule has 0 radical (unpaired) electrons. The summed E-state index contributed by atoms with van der Waals surface area (Å²) in [7, 11) is -1.02. The standard InChI is InChI=1S/C25H33Cl2N3O6S/c1-16(2)13-28-25(32)17(3)29(14-18-7-8-19(26)11-21(18)27)24(31)15-30(37(6,33)34)20-9-10-22(35-4)23(12-20)36-5/h7-12,16-17H,13-15H2,1-6H3,(H,28,32)/t17-/m1/s1. The Labute approximate surface area is 228 Å². The summed E-state index contributed by atoms with van der Waals surface area (Å²) in [6.07, 6.45) is 0.996. The van der Waals surface area contributed by atoms with Crippen LogP contribution in [0.15, 0.2) is 36.4 Å². The fourth-order valence-corrected chi connectivity index (χ4v) is 4.77. The number of carbonyl (C=O) groups is 2. The van der Waals surface area contributed by atoms with Crippen LogP contribution in [0.2, 0.25) is 10.0 Å². The number of nitrogens with zero attached hydrogens (tertiary/aromatic N) is 2. The van der Waals surface area contributed by atoms with Gasteiger partial charge in [-0.05, 0) is 42.7 Å². The summed E-state index contributed by atoms with van der Waals surface area (Å²) < 4.78 is 37.0. The lowest BCUT2D eigenvalue weighted by atomic mass is 10.1. The van der Waals surface area contributed by atoms with Crippen molar-refractivity contribution in [3.63, 3.8) is 0 Å². The van der Waals surface area contributed by atoms with Crippen molar-refractivity contribution >= 4 is 50.7 Å². The first-order chi connectivity index (χ1) is 17.3. The molecule has 204 valence electrons. The number of methoxy groups -OCH3 is 2. The van der Waals surface area contributed by atoms with E-state index >= 15 is 0 Å². The quantitative estimate of drug-likeness (QED) is 0.412. The number of ether oxygens (including phenoxy) is 2. The van der Waals surface area contributed by atoms with Gasteiger partial charge in [-0.15, -0.1) is 0 Å². The molecule has 0 heterocycles. The van der Waals surface area contributed by atoms with Crippen molar-refractivity contribution in [2.75, 3.05) is 37.9 Å². The van der Waals surface area contributed by atoms with E-state index in [9.17, 15) is 18.0 Å². The predicted octanol–water partition coefficient (Wildman–Crippen LogP) is 3.97. The lowest BCUT2D eigenvalue weighted by molar-refractivity contribution is -0.139. The lowest BCUT2D eigenvalue weighted by Crippen LogP contribution is -2.51. The average molecular weight is 575 g/mol. The Morgan fingerprint density at radius 2 is 1.65 bits per heavy atom. The Morgan fingerprint density at radius 1 is 1.00 bits per heavy atom. The second-order valence-corrected chi connectivity index (χ2v) is 11.6. The van der Waals surface area contributed by atoms with Crippen LogP contribution in [0.1, 0.15) is 26.3 Å². The molecule has 0 aliphatic rings. The average Bonchev–Trinajstić information content (AvgIpc) is 2.83. The van der Waals surface area contributed by atoms with Crippen LogP contribution < -0.4 is 19.1 Å². The number of halogens is 2. The molecule has 0 unspecified atom stereocenters. The molecule has 0 saturated carbocycles. The van der Waals surface area contributed by atoms with E-state index < -0.39 is 28.5 Å². The number of carbonyl (C=O) groups excluding carboxylic acids is 2. The van der Waals surface area contributed by atoms with E-state index in [0.717, 1.165) is 10.6 Å². The molecule has 12 heteroatoms. The molecule has 0 aromatic heterocycles. The van der Waals surface area contributed by atoms with Gasteiger partial charge in [0.15, 0.2) is 11.5 Å². The number of anilines is 1. The lowest BCUT2D eigenvalue weighted by Gasteiger charge is -2.32. The molecule has 0 saturated heterocycles. The molecular weight excluding hydrogens is 541 g/mol. The summed E-state index contributed by atoms with van der Waals surface area (Å²) in [5.41, 5.74) is 0.759. The van der Waals surface area contributed by atoms with Crippen molar-refractivity contribution in [1.29, 1.82) is 0 Å². The first-order valence-electron chi connectivity index (χ1n) is 11.5. The molecule has 0 bridgehead atoms. The Morgan fingerprint density at radius 3 is 2.19 bits per heavy atom. The third-order valence-electron chi connectivity index (χ3n) is 5.54. The van der Waals surface area contributed by atoms with E-state index in [1.165, 1.54) is 37.3 Å². The van der Waals surface area contributed by atoms with Gasteiger partial charge in [0, 0.05) is 29.2 Å². The fourth-order valence-electron chi connectivity index (χ4n) is 3.46. The van der Waals surface area contributed by atoms with Gasteiger partial charge in [0.05, 0.1) is 26.2 Å². The van der Waals surface area contributed by atoms with Gasteiger partial charge in [-0.2, -0.15) is 0 Å². The van der Waals surface area contributed by atoms with Crippen molar-refractivity contribution in [3.05, 3.63) is 52.0 Å². The summed E-state index contributed by atoms with van der Waals surface area (Å²) in [4.78, 5) is 27.8. The summed E-state index contributed by atoms with van der Waals surface area (Å²) in [5, 5.41) is 3.56. The molecule has 9 nitrogen and oxygen atoms in total. The van der Waals surface area contributed by atoms with Gasteiger partial charge in [0.2, 0.25) is 21.8 Å². The highest BCUT2D eigenvalue weighted by Crippen LogP contribution is 2.32. The highest BCUT2D eigenvalue weighted by Gasteiger charge is 2.31. The minimum atomic E-state index is -3.90. The molecule has 2 amide bonds. The number of sulfonamides is 1. The number of hydrogen-bond acceptors (Lipinski definition) is 6. The van der Waals surface area contributed by atoms with Crippen LogP contribution in [0.3, 0.4) is 0 Å². The number of nitrogens with one attached hydrogen (secondary N) is 1. The molecular formula is C25H33Cl2N3O6S. The van der Waals surface area contributed by atoms with Crippen LogP contribution in [-0.4, -0.2) is 64.7 Å². The highest BCUT2D eigenvalue weighted by atomic mass is 35.5. The third kappa shape index (κ3) is 8.41.